The zero-order valence-corrected chi connectivity index (χ0v) is 19.0. The molecule has 0 spiro atoms. The van der Waals surface area contributed by atoms with Crippen molar-refractivity contribution in [3.8, 4) is 11.8 Å². The molecule has 176 valence electrons. The first kappa shape index (κ1) is 22.8. The fraction of sp³-hybridized carbons (Fsp3) is 0.348. The number of anilines is 3. The summed E-state index contributed by atoms with van der Waals surface area (Å²) in [5.74, 6) is 0.778. The van der Waals surface area contributed by atoms with E-state index >= 15 is 0 Å². The average Bonchev–Trinajstić information content (AvgIpc) is 3.25. The van der Waals surface area contributed by atoms with Crippen LogP contribution in [-0.4, -0.2) is 62.7 Å². The number of rotatable bonds is 4. The van der Waals surface area contributed by atoms with Crippen LogP contribution in [0.4, 0.5) is 22.0 Å². The second kappa shape index (κ2) is 9.27. The summed E-state index contributed by atoms with van der Waals surface area (Å²) in [4.78, 5) is 37.7. The van der Waals surface area contributed by atoms with Crippen LogP contribution >= 0.6 is 0 Å². The smallest absolute Gasteiger partial charge is 0.331 e. The summed E-state index contributed by atoms with van der Waals surface area (Å²) in [6, 6.07) is 7.54. The molecule has 1 saturated heterocycles. The summed E-state index contributed by atoms with van der Waals surface area (Å²) < 4.78 is 1.37. The van der Waals surface area contributed by atoms with Crippen molar-refractivity contribution in [2.75, 3.05) is 36.1 Å². The van der Waals surface area contributed by atoms with E-state index in [0.717, 1.165) is 6.42 Å². The Morgan fingerprint density at radius 3 is 2.88 bits per heavy atom. The maximum absolute atomic E-state index is 12.9. The number of hydrogen-bond acceptors (Lipinski definition) is 8. The summed E-state index contributed by atoms with van der Waals surface area (Å²) in [6.07, 6.45) is 3.69. The Morgan fingerprint density at radius 2 is 2.15 bits per heavy atom. The van der Waals surface area contributed by atoms with Crippen LogP contribution in [0.3, 0.4) is 0 Å². The van der Waals surface area contributed by atoms with Gasteiger partial charge in [-0.05, 0) is 30.5 Å². The number of nitrogens with zero attached hydrogens (tertiary/aromatic N) is 6. The van der Waals surface area contributed by atoms with Crippen LogP contribution < -0.4 is 16.0 Å². The van der Waals surface area contributed by atoms with E-state index in [2.05, 4.69) is 22.2 Å². The minimum atomic E-state index is -0.459. The fourth-order valence-corrected chi connectivity index (χ4v) is 4.34. The number of fused-ring (bicyclic) bond motifs is 1. The van der Waals surface area contributed by atoms with Crippen molar-refractivity contribution < 1.29 is 14.7 Å². The first-order valence-electron chi connectivity index (χ1n) is 10.9. The van der Waals surface area contributed by atoms with Crippen LogP contribution in [0, 0.1) is 17.2 Å². The molecule has 1 aromatic carbocycles. The molecule has 4 N–H and O–H groups in total. The number of aromatic nitrogens is 3. The second-order valence-corrected chi connectivity index (χ2v) is 8.44. The standard InChI is InChI=1S/C23H26N8O3/c1-14-6-9-30(20(33)5-8-24)12-19(14)29(2)21-16-7-10-31(22(16)27-13-26-21)23(34)28-18-4-3-15(32)11-17(18)25/h3-4,7,10-11,13-14,19,32H,5-6,9,12,25H2,1-2H3,(H,28,34)/t14-,19+/m1/s1. The van der Waals surface area contributed by atoms with Gasteiger partial charge in [0.2, 0.25) is 5.91 Å². The molecule has 2 aromatic heterocycles. The highest BCUT2D eigenvalue weighted by atomic mass is 16.3. The number of benzene rings is 1. The third kappa shape index (κ3) is 4.30. The molecule has 1 fully saturated rings. The topological polar surface area (TPSA) is 153 Å². The molecule has 0 aliphatic carbocycles. The highest BCUT2D eigenvalue weighted by Gasteiger charge is 2.32. The van der Waals surface area contributed by atoms with E-state index in [0.29, 0.717) is 41.5 Å². The molecule has 1 aliphatic heterocycles. The van der Waals surface area contributed by atoms with E-state index in [9.17, 15) is 14.7 Å². The predicted octanol–water partition coefficient (Wildman–Crippen LogP) is 2.39. The van der Waals surface area contributed by atoms with Crippen LogP contribution in [0.1, 0.15) is 19.8 Å². The summed E-state index contributed by atoms with van der Waals surface area (Å²) in [6.45, 7) is 3.25. The number of nitrogens with two attached hydrogens (primary N) is 1. The lowest BCUT2D eigenvalue weighted by atomic mass is 9.92. The molecule has 34 heavy (non-hydrogen) atoms. The van der Waals surface area contributed by atoms with E-state index in [1.807, 2.05) is 18.0 Å². The van der Waals surface area contributed by atoms with Gasteiger partial charge in [-0.25, -0.2) is 14.8 Å². The van der Waals surface area contributed by atoms with Gasteiger partial charge in [-0.3, -0.25) is 9.36 Å². The number of phenolic OH excluding ortho intramolecular Hbond substituents is 1. The van der Waals surface area contributed by atoms with E-state index in [4.69, 9.17) is 11.0 Å². The molecular weight excluding hydrogens is 436 g/mol. The van der Waals surface area contributed by atoms with Crippen LogP contribution in [-0.2, 0) is 4.79 Å². The molecule has 2 amide bonds. The third-order valence-electron chi connectivity index (χ3n) is 6.29. The normalized spacial score (nSPS) is 17.9. The molecule has 11 heteroatoms. The number of nitriles is 1. The summed E-state index contributed by atoms with van der Waals surface area (Å²) in [5, 5.41) is 21.8. The number of likely N-dealkylation sites (N-methyl/N-ethyl adjacent to an activating group) is 1. The number of aromatic hydroxyl groups is 1. The average molecular weight is 463 g/mol. The van der Waals surface area contributed by atoms with Gasteiger partial charge < -0.3 is 26.0 Å². The fourth-order valence-electron chi connectivity index (χ4n) is 4.34. The predicted molar refractivity (Wildman–Crippen MR) is 127 cm³/mol. The zero-order valence-electron chi connectivity index (χ0n) is 19.0. The Bertz CT molecular complexity index is 1280. The van der Waals surface area contributed by atoms with Crippen LogP contribution in [0.15, 0.2) is 36.8 Å². The van der Waals surface area contributed by atoms with Crippen molar-refractivity contribution in [1.82, 2.24) is 19.4 Å². The van der Waals surface area contributed by atoms with Crippen molar-refractivity contribution in [1.29, 1.82) is 5.26 Å². The number of amides is 2. The Morgan fingerprint density at radius 1 is 1.35 bits per heavy atom. The molecule has 11 nitrogen and oxygen atoms in total. The summed E-state index contributed by atoms with van der Waals surface area (Å²) in [7, 11) is 1.91. The number of carbonyl (C=O) groups is 2. The number of hydrogen-bond donors (Lipinski definition) is 3. The second-order valence-electron chi connectivity index (χ2n) is 8.44. The van der Waals surface area contributed by atoms with E-state index in [1.54, 1.807) is 17.2 Å². The largest absolute Gasteiger partial charge is 0.508 e. The van der Waals surface area contributed by atoms with Crippen molar-refractivity contribution in [3.05, 3.63) is 36.8 Å². The monoisotopic (exact) mass is 462 g/mol. The van der Waals surface area contributed by atoms with Gasteiger partial charge in [0.05, 0.1) is 28.9 Å². The molecule has 4 rings (SSSR count). The number of nitrogen functional groups attached to an aromatic ring is 1. The Hall–Kier alpha value is -4.33. The Kier molecular flexibility index (Phi) is 6.23. The SMILES string of the molecule is C[C@@H]1CCN(C(=O)CC#N)C[C@@H]1N(C)c1ncnc2c1ccn2C(=O)Nc1ccc(O)cc1N. The van der Waals surface area contributed by atoms with Crippen LogP contribution in [0.2, 0.25) is 0 Å². The molecule has 2 atom stereocenters. The summed E-state index contributed by atoms with van der Waals surface area (Å²) >= 11 is 0. The van der Waals surface area contributed by atoms with Crippen molar-refractivity contribution in [2.45, 2.75) is 25.8 Å². The molecule has 3 aromatic rings. The van der Waals surface area contributed by atoms with Gasteiger partial charge in [0.15, 0.2) is 5.65 Å². The number of carbonyl (C=O) groups excluding carboxylic acids is 2. The Labute approximate surface area is 196 Å². The van der Waals surface area contributed by atoms with Gasteiger partial charge in [0.1, 0.15) is 24.3 Å². The highest BCUT2D eigenvalue weighted by Crippen LogP contribution is 2.30. The maximum atomic E-state index is 12.9. The van der Waals surface area contributed by atoms with Gasteiger partial charge in [-0.15, -0.1) is 0 Å². The zero-order chi connectivity index (χ0) is 24.4. The molecule has 0 unspecified atom stereocenters. The molecule has 0 bridgehead atoms. The minimum absolute atomic E-state index is 0.00663. The molecule has 3 heterocycles. The Balaban J connectivity index is 1.60. The lowest BCUT2D eigenvalue weighted by Crippen LogP contribution is -2.52. The van der Waals surface area contributed by atoms with Crippen molar-refractivity contribution >= 4 is 40.2 Å². The maximum Gasteiger partial charge on any atom is 0.331 e. The van der Waals surface area contributed by atoms with E-state index < -0.39 is 6.03 Å². The number of phenols is 1. The first-order valence-corrected chi connectivity index (χ1v) is 10.9. The first-order chi connectivity index (χ1) is 16.3. The third-order valence-corrected chi connectivity index (χ3v) is 6.29. The van der Waals surface area contributed by atoms with Gasteiger partial charge >= 0.3 is 6.03 Å². The van der Waals surface area contributed by atoms with E-state index in [-0.39, 0.29) is 29.8 Å². The van der Waals surface area contributed by atoms with Crippen LogP contribution in [0.5, 0.6) is 5.75 Å². The van der Waals surface area contributed by atoms with E-state index in [1.165, 1.54) is 29.1 Å². The van der Waals surface area contributed by atoms with Gasteiger partial charge in [-0.2, -0.15) is 5.26 Å². The number of likely N-dealkylation sites (tertiary alicyclic amines) is 1. The quantitative estimate of drug-likeness (QED) is 0.394. The molecule has 1 aliphatic rings. The van der Waals surface area contributed by atoms with Gasteiger partial charge in [0.25, 0.3) is 0 Å². The van der Waals surface area contributed by atoms with Gasteiger partial charge in [0, 0.05) is 32.4 Å². The lowest BCUT2D eigenvalue weighted by molar-refractivity contribution is -0.131. The molecule has 0 radical (unpaired) electrons. The lowest BCUT2D eigenvalue weighted by Gasteiger charge is -2.42. The van der Waals surface area contributed by atoms with Gasteiger partial charge in [-0.1, -0.05) is 6.92 Å². The molecule has 0 saturated carbocycles. The van der Waals surface area contributed by atoms with Crippen molar-refractivity contribution in [3.63, 3.8) is 0 Å². The van der Waals surface area contributed by atoms with Crippen molar-refractivity contribution in [2.24, 2.45) is 5.92 Å². The highest BCUT2D eigenvalue weighted by molar-refractivity contribution is 6.01. The summed E-state index contributed by atoms with van der Waals surface area (Å²) in [5.41, 5.74) is 6.92. The number of piperidine rings is 1. The van der Waals surface area contributed by atoms with Crippen LogP contribution in [0.25, 0.3) is 11.0 Å². The molecular formula is C23H26N8O3. The number of nitrogens with one attached hydrogen (secondary N) is 1. The minimum Gasteiger partial charge on any atom is -0.508 e.